The summed E-state index contributed by atoms with van der Waals surface area (Å²) in [4.78, 5) is 14.7. The highest BCUT2D eigenvalue weighted by Crippen LogP contribution is 2.24. The molecule has 0 unspecified atom stereocenters. The topological polar surface area (TPSA) is 65.4 Å². The molecule has 0 aliphatic heterocycles. The van der Waals surface area contributed by atoms with Gasteiger partial charge in [0.25, 0.3) is 5.91 Å². The zero-order chi connectivity index (χ0) is 21.2. The van der Waals surface area contributed by atoms with Crippen molar-refractivity contribution in [1.82, 2.24) is 10.2 Å². The first-order valence-electron chi connectivity index (χ1n) is 9.38. The highest BCUT2D eigenvalue weighted by Gasteiger charge is 2.18. The number of benzene rings is 2. The number of ether oxygens (including phenoxy) is 1. The molecule has 1 amide bonds. The van der Waals surface area contributed by atoms with Gasteiger partial charge in [0, 0.05) is 17.6 Å². The minimum atomic E-state index is -0.339. The normalized spacial score (nSPS) is 10.3. The second-order valence-corrected chi connectivity index (χ2v) is 8.00. The van der Waals surface area contributed by atoms with Gasteiger partial charge in [0.05, 0.1) is 24.2 Å². The largest absolute Gasteiger partial charge is 0.490 e. The Morgan fingerprint density at radius 2 is 1.97 bits per heavy atom. The van der Waals surface area contributed by atoms with Gasteiger partial charge in [0.1, 0.15) is 5.75 Å². The number of carbonyl (C=O) groups excluding carboxylic acids is 1. The Morgan fingerprint density at radius 3 is 2.62 bits per heavy atom. The second-order valence-electron chi connectivity index (χ2n) is 6.70. The molecule has 0 heterocycles. The van der Waals surface area contributed by atoms with Gasteiger partial charge in [-0.2, -0.15) is 5.26 Å². The van der Waals surface area contributed by atoms with Crippen LogP contribution >= 0.6 is 28.1 Å². The molecule has 2 aromatic carbocycles. The van der Waals surface area contributed by atoms with E-state index in [1.54, 1.807) is 12.1 Å². The lowest BCUT2D eigenvalue weighted by Crippen LogP contribution is -2.44. The minimum absolute atomic E-state index is 0.0623. The number of nitrogens with one attached hydrogen (secondary N) is 1. The molecule has 0 aliphatic carbocycles. The zero-order valence-electron chi connectivity index (χ0n) is 16.5. The summed E-state index contributed by atoms with van der Waals surface area (Å²) in [6, 6.07) is 17.4. The average Bonchev–Trinajstić information content (AvgIpc) is 2.69. The fourth-order valence-corrected chi connectivity index (χ4v) is 3.32. The smallest absolute Gasteiger partial charge is 0.261 e. The molecule has 7 heteroatoms. The Bertz CT molecular complexity index is 881. The van der Waals surface area contributed by atoms with Crippen molar-refractivity contribution >= 4 is 39.2 Å². The predicted molar refractivity (Wildman–Crippen MR) is 122 cm³/mol. The lowest BCUT2D eigenvalue weighted by atomic mass is 10.1. The van der Waals surface area contributed by atoms with Crippen LogP contribution in [0.2, 0.25) is 0 Å². The van der Waals surface area contributed by atoms with E-state index in [0.717, 1.165) is 10.9 Å². The standard InChI is InChI=1S/C22H24BrN3O2S/c1-16(2)28-20-10-9-18(23)15-19(20)21(27)25-22(29)26(13-6-12-24)14-11-17-7-4-3-5-8-17/h3-5,7-10,15-16H,6,11,13-14H2,1-2H3,(H,25,27,29). The molecule has 152 valence electrons. The maximum atomic E-state index is 12.9. The quantitative estimate of drug-likeness (QED) is 0.562. The fourth-order valence-electron chi connectivity index (χ4n) is 2.69. The first kappa shape index (κ1) is 22.9. The number of rotatable bonds is 8. The van der Waals surface area contributed by atoms with Gasteiger partial charge in [-0.15, -0.1) is 0 Å². The number of nitrogens with zero attached hydrogens (tertiary/aromatic N) is 2. The van der Waals surface area contributed by atoms with E-state index in [4.69, 9.17) is 22.2 Å². The van der Waals surface area contributed by atoms with Crippen molar-refractivity contribution in [3.8, 4) is 11.8 Å². The van der Waals surface area contributed by atoms with Crippen molar-refractivity contribution in [3.05, 3.63) is 64.1 Å². The Kier molecular flexibility index (Phi) is 9.10. The van der Waals surface area contributed by atoms with E-state index >= 15 is 0 Å². The molecule has 2 rings (SSSR count). The van der Waals surface area contributed by atoms with Crippen LogP contribution in [0.3, 0.4) is 0 Å². The number of hydrogen-bond donors (Lipinski definition) is 1. The van der Waals surface area contributed by atoms with E-state index < -0.39 is 0 Å². The highest BCUT2D eigenvalue weighted by atomic mass is 79.9. The van der Waals surface area contributed by atoms with Crippen LogP contribution in [0.5, 0.6) is 5.75 Å². The van der Waals surface area contributed by atoms with Crippen molar-refractivity contribution in [1.29, 1.82) is 5.26 Å². The molecule has 2 aromatic rings. The molecule has 0 spiro atoms. The summed E-state index contributed by atoms with van der Waals surface area (Å²) in [5.41, 5.74) is 1.57. The summed E-state index contributed by atoms with van der Waals surface area (Å²) >= 11 is 8.87. The fraction of sp³-hybridized carbons (Fsp3) is 0.318. The van der Waals surface area contributed by atoms with E-state index in [-0.39, 0.29) is 12.0 Å². The van der Waals surface area contributed by atoms with Gasteiger partial charge < -0.3 is 9.64 Å². The van der Waals surface area contributed by atoms with Gasteiger partial charge in [-0.25, -0.2) is 0 Å². The SMILES string of the molecule is CC(C)Oc1ccc(Br)cc1C(=O)NC(=S)N(CCC#N)CCc1ccccc1. The Morgan fingerprint density at radius 1 is 1.24 bits per heavy atom. The minimum Gasteiger partial charge on any atom is -0.490 e. The van der Waals surface area contributed by atoms with Crippen molar-refractivity contribution < 1.29 is 9.53 Å². The van der Waals surface area contributed by atoms with Crippen LogP contribution in [0.1, 0.15) is 36.2 Å². The van der Waals surface area contributed by atoms with Crippen LogP contribution < -0.4 is 10.1 Å². The first-order valence-corrected chi connectivity index (χ1v) is 10.6. The van der Waals surface area contributed by atoms with Crippen molar-refractivity contribution in [2.45, 2.75) is 32.8 Å². The van der Waals surface area contributed by atoms with E-state index in [1.165, 1.54) is 5.56 Å². The zero-order valence-corrected chi connectivity index (χ0v) is 18.9. The molecule has 0 aliphatic rings. The van der Waals surface area contributed by atoms with Crippen LogP contribution in [-0.2, 0) is 6.42 Å². The average molecular weight is 474 g/mol. The summed E-state index contributed by atoms with van der Waals surface area (Å²) in [5, 5.41) is 12.1. The molecule has 5 nitrogen and oxygen atoms in total. The molecular weight excluding hydrogens is 450 g/mol. The van der Waals surface area contributed by atoms with Gasteiger partial charge in [0.2, 0.25) is 0 Å². The van der Waals surface area contributed by atoms with Crippen LogP contribution in [-0.4, -0.2) is 35.1 Å². The number of hydrogen-bond acceptors (Lipinski definition) is 4. The molecule has 0 atom stereocenters. The summed E-state index contributed by atoms with van der Waals surface area (Å²) in [5.74, 6) is 0.157. The maximum absolute atomic E-state index is 12.9. The van der Waals surface area contributed by atoms with Gasteiger partial charge in [0.15, 0.2) is 5.11 Å². The van der Waals surface area contributed by atoms with Crippen molar-refractivity contribution in [2.24, 2.45) is 0 Å². The number of nitriles is 1. The van der Waals surface area contributed by atoms with Crippen molar-refractivity contribution in [2.75, 3.05) is 13.1 Å². The molecule has 1 N–H and O–H groups in total. The summed E-state index contributed by atoms with van der Waals surface area (Å²) < 4.78 is 6.53. The predicted octanol–water partition coefficient (Wildman–Crippen LogP) is 4.71. The van der Waals surface area contributed by atoms with E-state index in [0.29, 0.717) is 35.9 Å². The Labute approximate surface area is 185 Å². The maximum Gasteiger partial charge on any atom is 0.261 e. The molecule has 0 saturated heterocycles. The van der Waals surface area contributed by atoms with E-state index in [9.17, 15) is 4.79 Å². The van der Waals surface area contributed by atoms with Crippen LogP contribution in [0, 0.1) is 11.3 Å². The summed E-state index contributed by atoms with van der Waals surface area (Å²) in [6.07, 6.45) is 1.03. The molecule has 0 saturated carbocycles. The van der Waals surface area contributed by atoms with E-state index in [1.807, 2.05) is 55.1 Å². The monoisotopic (exact) mass is 473 g/mol. The van der Waals surface area contributed by atoms with Gasteiger partial charge in [-0.3, -0.25) is 10.1 Å². The number of halogens is 1. The Balaban J connectivity index is 2.10. The number of amides is 1. The summed E-state index contributed by atoms with van der Waals surface area (Å²) in [6.45, 7) is 4.87. The molecule has 0 radical (unpaired) electrons. The molecule has 29 heavy (non-hydrogen) atoms. The van der Waals surface area contributed by atoms with Crippen LogP contribution in [0.4, 0.5) is 0 Å². The van der Waals surface area contributed by atoms with Crippen LogP contribution in [0.25, 0.3) is 0 Å². The first-order chi connectivity index (χ1) is 13.9. The third kappa shape index (κ3) is 7.48. The molecule has 0 fully saturated rings. The number of carbonyl (C=O) groups is 1. The molecule has 0 bridgehead atoms. The van der Waals surface area contributed by atoms with Crippen molar-refractivity contribution in [3.63, 3.8) is 0 Å². The third-order valence-electron chi connectivity index (χ3n) is 4.06. The van der Waals surface area contributed by atoms with Gasteiger partial charge in [-0.1, -0.05) is 46.3 Å². The van der Waals surface area contributed by atoms with E-state index in [2.05, 4.69) is 27.3 Å². The number of thiocarbonyl (C=S) groups is 1. The highest BCUT2D eigenvalue weighted by molar-refractivity contribution is 9.10. The van der Waals surface area contributed by atoms with Gasteiger partial charge >= 0.3 is 0 Å². The summed E-state index contributed by atoms with van der Waals surface area (Å²) in [7, 11) is 0. The molecule has 0 aromatic heterocycles. The lowest BCUT2D eigenvalue weighted by Gasteiger charge is -2.25. The molecular formula is C22H24BrN3O2S. The second kappa shape index (κ2) is 11.5. The third-order valence-corrected chi connectivity index (χ3v) is 4.92. The Hall–Kier alpha value is -2.43. The van der Waals surface area contributed by atoms with Gasteiger partial charge in [-0.05, 0) is 56.2 Å². The lowest BCUT2D eigenvalue weighted by molar-refractivity contribution is 0.0967. The van der Waals surface area contributed by atoms with Crippen LogP contribution in [0.15, 0.2) is 53.0 Å².